The number of hydrogen-bond acceptors (Lipinski definition) is 3. The third-order valence-corrected chi connectivity index (χ3v) is 1.76. The number of aryl methyl sites for hydroxylation is 1. The van der Waals surface area contributed by atoms with Crippen LogP contribution >= 0.6 is 0 Å². The lowest BCUT2D eigenvalue weighted by atomic mass is 10.2. The molecule has 0 aromatic carbocycles. The number of aldehydes is 1. The van der Waals surface area contributed by atoms with Crippen LogP contribution in [-0.2, 0) is 7.05 Å². The SMILES string of the molecule is Cn1nc(C(F)F)c(C=O)c1OCC(F)(F)F. The lowest BCUT2D eigenvalue weighted by Crippen LogP contribution is -2.20. The van der Waals surface area contributed by atoms with Gasteiger partial charge in [-0.2, -0.15) is 18.3 Å². The van der Waals surface area contributed by atoms with Gasteiger partial charge in [-0.25, -0.2) is 13.5 Å². The Morgan fingerprint density at radius 2 is 2.06 bits per heavy atom. The smallest absolute Gasteiger partial charge is 0.422 e. The van der Waals surface area contributed by atoms with E-state index in [-0.39, 0.29) is 6.29 Å². The highest BCUT2D eigenvalue weighted by Crippen LogP contribution is 2.28. The molecule has 0 atom stereocenters. The van der Waals surface area contributed by atoms with Crippen LogP contribution in [0.5, 0.6) is 5.88 Å². The molecular formula is C8H7F5N2O2. The van der Waals surface area contributed by atoms with E-state index in [0.717, 1.165) is 7.05 Å². The number of hydrogen-bond donors (Lipinski definition) is 0. The molecule has 17 heavy (non-hydrogen) atoms. The Morgan fingerprint density at radius 1 is 1.47 bits per heavy atom. The lowest BCUT2D eigenvalue weighted by molar-refractivity contribution is -0.154. The van der Waals surface area contributed by atoms with E-state index in [4.69, 9.17) is 0 Å². The van der Waals surface area contributed by atoms with Crippen molar-refractivity contribution >= 4 is 6.29 Å². The molecule has 0 N–H and O–H groups in total. The minimum absolute atomic E-state index is 0.0137. The van der Waals surface area contributed by atoms with Crippen LogP contribution in [-0.4, -0.2) is 28.8 Å². The third kappa shape index (κ3) is 3.14. The molecule has 0 fully saturated rings. The van der Waals surface area contributed by atoms with Crippen LogP contribution in [0.3, 0.4) is 0 Å². The second kappa shape index (κ2) is 4.68. The molecule has 0 bridgehead atoms. The van der Waals surface area contributed by atoms with Gasteiger partial charge in [0.2, 0.25) is 5.88 Å². The van der Waals surface area contributed by atoms with E-state index in [1.165, 1.54) is 0 Å². The largest absolute Gasteiger partial charge is 0.468 e. The topological polar surface area (TPSA) is 44.1 Å². The van der Waals surface area contributed by atoms with Gasteiger partial charge in [-0.05, 0) is 0 Å². The molecule has 1 heterocycles. The molecule has 0 unspecified atom stereocenters. The van der Waals surface area contributed by atoms with E-state index in [9.17, 15) is 26.7 Å². The summed E-state index contributed by atoms with van der Waals surface area (Å²) in [5, 5.41) is 3.22. The highest BCUT2D eigenvalue weighted by Gasteiger charge is 2.31. The fourth-order valence-corrected chi connectivity index (χ4v) is 1.14. The fourth-order valence-electron chi connectivity index (χ4n) is 1.14. The summed E-state index contributed by atoms with van der Waals surface area (Å²) >= 11 is 0. The zero-order valence-corrected chi connectivity index (χ0v) is 8.46. The molecular weight excluding hydrogens is 251 g/mol. The van der Waals surface area contributed by atoms with Crippen molar-refractivity contribution in [1.82, 2.24) is 9.78 Å². The summed E-state index contributed by atoms with van der Waals surface area (Å²) in [7, 11) is 1.10. The van der Waals surface area contributed by atoms with Crippen LogP contribution in [0.2, 0.25) is 0 Å². The van der Waals surface area contributed by atoms with E-state index in [0.29, 0.717) is 4.68 Å². The van der Waals surface area contributed by atoms with E-state index in [1.54, 1.807) is 0 Å². The standard InChI is InChI=1S/C8H7F5N2O2/c1-15-7(17-3-8(11,12)13)4(2-16)5(14-15)6(9)10/h2,6H,3H2,1H3. The lowest BCUT2D eigenvalue weighted by Gasteiger charge is -2.09. The summed E-state index contributed by atoms with van der Waals surface area (Å²) < 4.78 is 65.3. The maximum absolute atomic E-state index is 12.4. The summed E-state index contributed by atoms with van der Waals surface area (Å²) in [5.41, 5.74) is -1.58. The van der Waals surface area contributed by atoms with Crippen molar-refractivity contribution in [3.63, 3.8) is 0 Å². The number of ether oxygens (including phenoxy) is 1. The predicted molar refractivity (Wildman–Crippen MR) is 45.1 cm³/mol. The molecule has 0 aliphatic heterocycles. The molecule has 0 saturated heterocycles. The first-order chi connectivity index (χ1) is 7.76. The summed E-state index contributed by atoms with van der Waals surface area (Å²) in [6.07, 6.45) is -7.71. The van der Waals surface area contributed by atoms with Gasteiger partial charge in [0.1, 0.15) is 11.3 Å². The van der Waals surface area contributed by atoms with Crippen molar-refractivity contribution in [2.45, 2.75) is 12.6 Å². The first-order valence-corrected chi connectivity index (χ1v) is 4.26. The van der Waals surface area contributed by atoms with Gasteiger partial charge in [0.05, 0.1) is 0 Å². The van der Waals surface area contributed by atoms with Crippen LogP contribution in [0, 0.1) is 0 Å². The molecule has 0 aliphatic carbocycles. The number of rotatable bonds is 4. The number of nitrogens with zero attached hydrogens (tertiary/aromatic N) is 2. The molecule has 1 aromatic rings. The van der Waals surface area contributed by atoms with E-state index in [1.807, 2.05) is 0 Å². The van der Waals surface area contributed by atoms with Crippen LogP contribution in [0.15, 0.2) is 0 Å². The van der Waals surface area contributed by atoms with Crippen LogP contribution in [0.4, 0.5) is 22.0 Å². The van der Waals surface area contributed by atoms with Gasteiger partial charge < -0.3 is 4.74 Å². The highest BCUT2D eigenvalue weighted by molar-refractivity contribution is 5.80. The molecule has 1 rings (SSSR count). The Morgan fingerprint density at radius 3 is 2.47 bits per heavy atom. The third-order valence-electron chi connectivity index (χ3n) is 1.76. The van der Waals surface area contributed by atoms with E-state index >= 15 is 0 Å². The van der Waals surface area contributed by atoms with Crippen LogP contribution < -0.4 is 4.74 Å². The summed E-state index contributed by atoms with van der Waals surface area (Å²) in [6.45, 7) is -1.68. The van der Waals surface area contributed by atoms with Crippen molar-refractivity contribution in [1.29, 1.82) is 0 Å². The van der Waals surface area contributed by atoms with E-state index in [2.05, 4.69) is 9.84 Å². The molecule has 0 spiro atoms. The average molecular weight is 258 g/mol. The number of alkyl halides is 5. The Bertz CT molecular complexity index is 413. The average Bonchev–Trinajstić information content (AvgIpc) is 2.50. The quantitative estimate of drug-likeness (QED) is 0.613. The Labute approximate surface area is 92.0 Å². The molecule has 0 radical (unpaired) electrons. The molecule has 4 nitrogen and oxygen atoms in total. The molecule has 0 aliphatic rings. The second-order valence-corrected chi connectivity index (χ2v) is 3.05. The second-order valence-electron chi connectivity index (χ2n) is 3.05. The normalized spacial score (nSPS) is 11.9. The minimum Gasteiger partial charge on any atom is -0.468 e. The Hall–Kier alpha value is -1.67. The van der Waals surface area contributed by atoms with Gasteiger partial charge in [-0.3, -0.25) is 4.79 Å². The van der Waals surface area contributed by atoms with Crippen molar-refractivity contribution in [3.8, 4) is 5.88 Å². The monoisotopic (exact) mass is 258 g/mol. The number of carbonyl (C=O) groups excluding carboxylic acids is 1. The predicted octanol–water partition coefficient (Wildman–Crippen LogP) is 2.11. The van der Waals surface area contributed by atoms with Crippen molar-refractivity contribution in [2.24, 2.45) is 7.05 Å². The number of carbonyl (C=O) groups is 1. The van der Waals surface area contributed by atoms with Crippen molar-refractivity contribution in [2.75, 3.05) is 6.61 Å². The molecule has 0 amide bonds. The van der Waals surface area contributed by atoms with Crippen LogP contribution in [0.1, 0.15) is 22.5 Å². The molecule has 1 aromatic heterocycles. The number of aromatic nitrogens is 2. The van der Waals surface area contributed by atoms with Gasteiger partial charge in [-0.1, -0.05) is 0 Å². The molecule has 9 heteroatoms. The Kier molecular flexibility index (Phi) is 3.69. The van der Waals surface area contributed by atoms with Crippen molar-refractivity contribution in [3.05, 3.63) is 11.3 Å². The van der Waals surface area contributed by atoms with Gasteiger partial charge in [0, 0.05) is 7.05 Å². The zero-order chi connectivity index (χ0) is 13.2. The van der Waals surface area contributed by atoms with Gasteiger partial charge in [0.25, 0.3) is 6.43 Å². The minimum atomic E-state index is -4.63. The molecule has 0 saturated carbocycles. The van der Waals surface area contributed by atoms with Crippen LogP contribution in [0.25, 0.3) is 0 Å². The first-order valence-electron chi connectivity index (χ1n) is 4.26. The number of halogens is 5. The summed E-state index contributed by atoms with van der Waals surface area (Å²) in [6, 6.07) is 0. The Balaban J connectivity index is 3.02. The van der Waals surface area contributed by atoms with Gasteiger partial charge >= 0.3 is 6.18 Å². The summed E-state index contributed by atoms with van der Waals surface area (Å²) in [5.74, 6) is -0.632. The highest BCUT2D eigenvalue weighted by atomic mass is 19.4. The molecule has 96 valence electrons. The fraction of sp³-hybridized carbons (Fsp3) is 0.500. The zero-order valence-electron chi connectivity index (χ0n) is 8.46. The maximum atomic E-state index is 12.4. The van der Waals surface area contributed by atoms with Crippen molar-refractivity contribution < 1.29 is 31.5 Å². The van der Waals surface area contributed by atoms with Gasteiger partial charge in [0.15, 0.2) is 12.9 Å². The maximum Gasteiger partial charge on any atom is 0.422 e. The first kappa shape index (κ1) is 13.4. The summed E-state index contributed by atoms with van der Waals surface area (Å²) in [4.78, 5) is 10.5. The van der Waals surface area contributed by atoms with Gasteiger partial charge in [-0.15, -0.1) is 0 Å². The van der Waals surface area contributed by atoms with E-state index < -0.39 is 36.3 Å².